The minimum absolute atomic E-state index is 0.170. The maximum atomic E-state index is 12.4. The van der Waals surface area contributed by atoms with Gasteiger partial charge >= 0.3 is 6.61 Å². The van der Waals surface area contributed by atoms with Crippen molar-refractivity contribution in [1.82, 2.24) is 9.78 Å². The number of aryl methyl sites for hydroxylation is 1. The zero-order chi connectivity index (χ0) is 17.9. The van der Waals surface area contributed by atoms with Crippen molar-refractivity contribution in [1.29, 1.82) is 0 Å². The molecule has 0 spiro atoms. The Labute approximate surface area is 133 Å². The molecule has 9 nitrogen and oxygen atoms in total. The first kappa shape index (κ1) is 17.1. The summed E-state index contributed by atoms with van der Waals surface area (Å²) >= 11 is 0. The normalized spacial score (nSPS) is 10.5. The summed E-state index contributed by atoms with van der Waals surface area (Å²) in [5.41, 5.74) is -1.09. The summed E-state index contributed by atoms with van der Waals surface area (Å²) in [7, 11) is 2.78. The van der Waals surface area contributed by atoms with Crippen LogP contribution in [0.15, 0.2) is 24.4 Å². The first-order valence-corrected chi connectivity index (χ1v) is 6.44. The fourth-order valence-electron chi connectivity index (χ4n) is 1.90. The molecule has 0 aliphatic heterocycles. The van der Waals surface area contributed by atoms with Crippen LogP contribution in [0.25, 0.3) is 0 Å². The number of halogens is 2. The molecule has 0 aliphatic rings. The Hall–Kier alpha value is -3.24. The fraction of sp³-hybridized carbons (Fsp3) is 0.231. The van der Waals surface area contributed by atoms with Gasteiger partial charge in [0, 0.05) is 25.4 Å². The van der Waals surface area contributed by atoms with Gasteiger partial charge in [0.15, 0.2) is 17.3 Å². The molecule has 0 saturated heterocycles. The fourth-order valence-corrected chi connectivity index (χ4v) is 1.90. The van der Waals surface area contributed by atoms with Crippen LogP contribution in [0.1, 0.15) is 10.4 Å². The summed E-state index contributed by atoms with van der Waals surface area (Å²) in [6.07, 6.45) is 1.56. The van der Waals surface area contributed by atoms with Crippen LogP contribution in [0.3, 0.4) is 0 Å². The van der Waals surface area contributed by atoms with Crippen molar-refractivity contribution < 1.29 is 28.0 Å². The van der Waals surface area contributed by atoms with Gasteiger partial charge in [0.1, 0.15) is 5.56 Å². The number of anilines is 1. The topological polar surface area (TPSA) is 109 Å². The lowest BCUT2D eigenvalue weighted by Crippen LogP contribution is -2.15. The van der Waals surface area contributed by atoms with Gasteiger partial charge in [-0.3, -0.25) is 19.6 Å². The van der Waals surface area contributed by atoms with Crippen LogP contribution in [0.5, 0.6) is 11.5 Å². The second-order valence-electron chi connectivity index (χ2n) is 4.48. The van der Waals surface area contributed by atoms with E-state index in [2.05, 4.69) is 15.2 Å². The number of alkyl halides is 2. The highest BCUT2D eigenvalue weighted by Crippen LogP contribution is 2.35. The molecule has 2 aromatic rings. The molecule has 1 aromatic heterocycles. The molecule has 2 rings (SSSR count). The van der Waals surface area contributed by atoms with Gasteiger partial charge in [0.25, 0.3) is 11.6 Å². The van der Waals surface area contributed by atoms with E-state index >= 15 is 0 Å². The Kier molecular flexibility index (Phi) is 4.92. The van der Waals surface area contributed by atoms with Gasteiger partial charge in [-0.25, -0.2) is 0 Å². The number of hydrogen-bond donors (Lipinski definition) is 1. The Balaban J connectivity index is 2.43. The van der Waals surface area contributed by atoms with Crippen molar-refractivity contribution in [3.63, 3.8) is 0 Å². The summed E-state index contributed by atoms with van der Waals surface area (Å²) < 4.78 is 35.2. The number of benzene rings is 1. The predicted octanol–water partition coefficient (Wildman–Crippen LogP) is 2.19. The maximum Gasteiger partial charge on any atom is 0.387 e. The first-order valence-electron chi connectivity index (χ1n) is 6.44. The van der Waals surface area contributed by atoms with Crippen molar-refractivity contribution >= 4 is 17.4 Å². The van der Waals surface area contributed by atoms with Gasteiger partial charge in [-0.1, -0.05) is 0 Å². The lowest BCUT2D eigenvalue weighted by atomic mass is 10.1. The molecule has 0 fully saturated rings. The highest BCUT2D eigenvalue weighted by Gasteiger charge is 2.26. The zero-order valence-corrected chi connectivity index (χ0v) is 12.5. The predicted molar refractivity (Wildman–Crippen MR) is 77.4 cm³/mol. The molecule has 24 heavy (non-hydrogen) atoms. The standard InChI is InChI=1S/C13H12F2N4O5/c1-18-4-3-11(17-18)16-12(20)7-5-9(23-2)10(24-13(14)15)6-8(7)19(21)22/h3-6,13H,1-2H3,(H,16,17,20). The smallest absolute Gasteiger partial charge is 0.387 e. The molecular weight excluding hydrogens is 330 g/mol. The third-order valence-electron chi connectivity index (χ3n) is 2.89. The molecular formula is C13H12F2N4O5. The Bertz CT molecular complexity index is 778. The zero-order valence-electron chi connectivity index (χ0n) is 12.5. The minimum atomic E-state index is -3.20. The van der Waals surface area contributed by atoms with Crippen LogP contribution < -0.4 is 14.8 Å². The molecule has 0 bridgehead atoms. The SMILES string of the molecule is COc1cc(C(=O)Nc2ccn(C)n2)c([N+](=O)[O-])cc1OC(F)F. The average molecular weight is 342 g/mol. The summed E-state index contributed by atoms with van der Waals surface area (Å²) in [6.45, 7) is -3.20. The van der Waals surface area contributed by atoms with Crippen LogP contribution in [0.4, 0.5) is 20.3 Å². The number of rotatable bonds is 6. The second-order valence-corrected chi connectivity index (χ2v) is 4.48. The number of aromatic nitrogens is 2. The number of carbonyl (C=O) groups excluding carboxylic acids is 1. The van der Waals surface area contributed by atoms with E-state index in [9.17, 15) is 23.7 Å². The van der Waals surface area contributed by atoms with Crippen LogP contribution in [0.2, 0.25) is 0 Å². The van der Waals surface area contributed by atoms with E-state index in [0.29, 0.717) is 6.07 Å². The second kappa shape index (κ2) is 6.89. The van der Waals surface area contributed by atoms with E-state index in [0.717, 1.165) is 13.2 Å². The number of amides is 1. The third-order valence-corrected chi connectivity index (χ3v) is 2.89. The van der Waals surface area contributed by atoms with E-state index in [4.69, 9.17) is 4.74 Å². The highest BCUT2D eigenvalue weighted by molar-refractivity contribution is 6.07. The molecule has 0 aliphatic carbocycles. The number of methoxy groups -OCH3 is 1. The molecule has 0 radical (unpaired) electrons. The van der Waals surface area contributed by atoms with E-state index in [1.165, 1.54) is 10.7 Å². The number of carbonyl (C=O) groups is 1. The van der Waals surface area contributed by atoms with Crippen LogP contribution in [0, 0.1) is 10.1 Å². The third kappa shape index (κ3) is 3.74. The number of nitro groups is 1. The quantitative estimate of drug-likeness (QED) is 0.637. The first-order chi connectivity index (χ1) is 11.3. The van der Waals surface area contributed by atoms with Gasteiger partial charge < -0.3 is 14.8 Å². The minimum Gasteiger partial charge on any atom is -0.493 e. The Morgan fingerprint density at radius 2 is 2.12 bits per heavy atom. The van der Waals surface area contributed by atoms with Gasteiger partial charge in [-0.05, 0) is 0 Å². The molecule has 0 atom stereocenters. The lowest BCUT2D eigenvalue weighted by molar-refractivity contribution is -0.385. The summed E-state index contributed by atoms with van der Waals surface area (Å²) in [5.74, 6) is -1.47. The summed E-state index contributed by atoms with van der Waals surface area (Å²) in [6, 6.07) is 3.14. The Morgan fingerprint density at radius 3 is 2.62 bits per heavy atom. The molecule has 11 heteroatoms. The summed E-state index contributed by atoms with van der Waals surface area (Å²) in [4.78, 5) is 22.5. The monoisotopic (exact) mass is 342 g/mol. The molecule has 0 saturated carbocycles. The van der Waals surface area contributed by atoms with Crippen molar-refractivity contribution in [2.24, 2.45) is 7.05 Å². The molecule has 1 amide bonds. The highest BCUT2D eigenvalue weighted by atomic mass is 19.3. The van der Waals surface area contributed by atoms with Crippen molar-refractivity contribution in [3.05, 3.63) is 40.1 Å². The molecule has 1 heterocycles. The van der Waals surface area contributed by atoms with E-state index in [1.807, 2.05) is 0 Å². The number of nitro benzene ring substituents is 1. The van der Waals surface area contributed by atoms with Gasteiger partial charge in [0.2, 0.25) is 0 Å². The van der Waals surface area contributed by atoms with E-state index in [1.54, 1.807) is 13.2 Å². The molecule has 0 unspecified atom stereocenters. The number of hydrogen-bond acceptors (Lipinski definition) is 6. The van der Waals surface area contributed by atoms with Crippen molar-refractivity contribution in [2.75, 3.05) is 12.4 Å². The number of nitrogens with one attached hydrogen (secondary N) is 1. The van der Waals surface area contributed by atoms with Crippen LogP contribution >= 0.6 is 0 Å². The maximum absolute atomic E-state index is 12.4. The van der Waals surface area contributed by atoms with Gasteiger partial charge in [0.05, 0.1) is 18.1 Å². The van der Waals surface area contributed by atoms with Crippen LogP contribution in [-0.2, 0) is 7.05 Å². The largest absolute Gasteiger partial charge is 0.493 e. The number of nitrogens with zero attached hydrogens (tertiary/aromatic N) is 3. The van der Waals surface area contributed by atoms with E-state index < -0.39 is 28.9 Å². The van der Waals surface area contributed by atoms with Crippen LogP contribution in [-0.4, -0.2) is 34.3 Å². The Morgan fingerprint density at radius 1 is 1.42 bits per heavy atom. The number of ether oxygens (including phenoxy) is 2. The van der Waals surface area contributed by atoms with Crippen molar-refractivity contribution in [3.8, 4) is 11.5 Å². The molecule has 1 aromatic carbocycles. The van der Waals surface area contributed by atoms with E-state index in [-0.39, 0.29) is 17.1 Å². The summed E-state index contributed by atoms with van der Waals surface area (Å²) in [5, 5.41) is 17.4. The lowest BCUT2D eigenvalue weighted by Gasteiger charge is -2.11. The van der Waals surface area contributed by atoms with Gasteiger partial charge in [-0.2, -0.15) is 13.9 Å². The molecule has 1 N–H and O–H groups in total. The van der Waals surface area contributed by atoms with Gasteiger partial charge in [-0.15, -0.1) is 0 Å². The molecule has 128 valence electrons. The average Bonchev–Trinajstić information content (AvgIpc) is 2.91. The van der Waals surface area contributed by atoms with Crippen molar-refractivity contribution in [2.45, 2.75) is 6.61 Å².